The first-order valence-corrected chi connectivity index (χ1v) is 6.11. The van der Waals surface area contributed by atoms with Crippen molar-refractivity contribution in [1.82, 2.24) is 19.7 Å². The number of amides is 1. The largest absolute Gasteiger partial charge is 0.465 e. The van der Waals surface area contributed by atoms with E-state index in [0.717, 1.165) is 22.4 Å². The lowest BCUT2D eigenvalue weighted by molar-refractivity contribution is -0.145. The van der Waals surface area contributed by atoms with E-state index in [1.54, 1.807) is 6.08 Å². The minimum absolute atomic E-state index is 0.0297. The number of nitrogens with zero attached hydrogens (tertiary/aromatic N) is 4. The van der Waals surface area contributed by atoms with Crippen molar-refractivity contribution in [2.75, 3.05) is 6.54 Å². The Bertz CT molecular complexity index is 589. The molecule has 0 spiro atoms. The highest BCUT2D eigenvalue weighted by Gasteiger charge is 2.40. The van der Waals surface area contributed by atoms with E-state index >= 15 is 0 Å². The quantitative estimate of drug-likeness (QED) is 0.858. The molecule has 1 aliphatic heterocycles. The van der Waals surface area contributed by atoms with Crippen LogP contribution in [0.1, 0.15) is 24.5 Å². The number of rotatable bonds is 1. The molecule has 3 rings (SSSR count). The number of fused-ring (bicyclic) bond motifs is 1. The smallest absolute Gasteiger partial charge is 0.453 e. The molecule has 108 valence electrons. The van der Waals surface area contributed by atoms with Gasteiger partial charge in [0.15, 0.2) is 5.82 Å². The van der Waals surface area contributed by atoms with Crippen molar-refractivity contribution >= 4 is 11.8 Å². The van der Waals surface area contributed by atoms with Crippen LogP contribution in [0.5, 0.6) is 0 Å². The molecule has 1 aliphatic carbocycles. The van der Waals surface area contributed by atoms with Crippen molar-refractivity contribution in [3.8, 4) is 0 Å². The second-order valence-electron chi connectivity index (χ2n) is 4.80. The van der Waals surface area contributed by atoms with Crippen LogP contribution in [0.4, 0.5) is 18.0 Å². The molecular weight excluding hydrogens is 277 g/mol. The van der Waals surface area contributed by atoms with E-state index in [4.69, 9.17) is 5.11 Å². The number of allylic oxidation sites excluding steroid dienone is 1. The first-order valence-electron chi connectivity index (χ1n) is 6.11. The third-order valence-corrected chi connectivity index (χ3v) is 3.23. The molecule has 9 heteroatoms. The first kappa shape index (κ1) is 12.9. The van der Waals surface area contributed by atoms with E-state index in [-0.39, 0.29) is 30.5 Å². The zero-order valence-corrected chi connectivity index (χ0v) is 10.3. The van der Waals surface area contributed by atoms with Gasteiger partial charge in [0.2, 0.25) is 0 Å². The molecule has 20 heavy (non-hydrogen) atoms. The summed E-state index contributed by atoms with van der Waals surface area (Å²) in [7, 11) is 0. The van der Waals surface area contributed by atoms with Crippen molar-refractivity contribution in [3.05, 3.63) is 17.7 Å². The van der Waals surface area contributed by atoms with Crippen molar-refractivity contribution in [2.45, 2.75) is 25.6 Å². The molecule has 6 nitrogen and oxygen atoms in total. The summed E-state index contributed by atoms with van der Waals surface area (Å²) < 4.78 is 39.1. The molecule has 1 amide bonds. The zero-order chi connectivity index (χ0) is 14.5. The Balaban J connectivity index is 2.05. The molecule has 1 fully saturated rings. The van der Waals surface area contributed by atoms with Crippen LogP contribution >= 0.6 is 0 Å². The number of alkyl halides is 3. The molecule has 1 saturated carbocycles. The minimum atomic E-state index is -4.64. The summed E-state index contributed by atoms with van der Waals surface area (Å²) in [5, 5.41) is 12.6. The zero-order valence-electron chi connectivity index (χ0n) is 10.3. The average molecular weight is 288 g/mol. The van der Waals surface area contributed by atoms with Crippen molar-refractivity contribution < 1.29 is 23.1 Å². The Morgan fingerprint density at radius 1 is 1.35 bits per heavy atom. The van der Waals surface area contributed by atoms with Crippen LogP contribution in [-0.4, -0.2) is 37.4 Å². The molecule has 0 aromatic carbocycles. The van der Waals surface area contributed by atoms with Gasteiger partial charge in [-0.15, -0.1) is 5.10 Å². The van der Waals surface area contributed by atoms with Crippen LogP contribution in [0.15, 0.2) is 6.08 Å². The third kappa shape index (κ3) is 2.23. The fourth-order valence-electron chi connectivity index (χ4n) is 2.09. The molecule has 1 aromatic heterocycles. The number of carboxylic acid groups (broad SMARTS) is 1. The number of hydrogen-bond acceptors (Lipinski definition) is 3. The van der Waals surface area contributed by atoms with E-state index in [9.17, 15) is 18.0 Å². The maximum absolute atomic E-state index is 12.6. The first-order chi connectivity index (χ1) is 9.36. The van der Waals surface area contributed by atoms with E-state index in [1.807, 2.05) is 0 Å². The van der Waals surface area contributed by atoms with Crippen LogP contribution in [0, 0.1) is 5.92 Å². The Hall–Kier alpha value is -2.06. The van der Waals surface area contributed by atoms with Gasteiger partial charge in [-0.2, -0.15) is 13.2 Å². The van der Waals surface area contributed by atoms with Crippen LogP contribution in [0.3, 0.4) is 0 Å². The van der Waals surface area contributed by atoms with Crippen LogP contribution < -0.4 is 0 Å². The Morgan fingerprint density at radius 3 is 2.60 bits per heavy atom. The molecule has 0 atom stereocenters. The van der Waals surface area contributed by atoms with Crippen LogP contribution in [0.2, 0.25) is 0 Å². The van der Waals surface area contributed by atoms with Gasteiger partial charge in [0.05, 0.1) is 12.2 Å². The molecular formula is C11H11F3N4O2. The van der Waals surface area contributed by atoms with Gasteiger partial charge < -0.3 is 5.11 Å². The Kier molecular flexibility index (Phi) is 2.73. The van der Waals surface area contributed by atoms with E-state index in [1.165, 1.54) is 0 Å². The molecule has 2 heterocycles. The van der Waals surface area contributed by atoms with Gasteiger partial charge in [0.25, 0.3) is 5.82 Å². The molecule has 0 unspecified atom stereocenters. The van der Waals surface area contributed by atoms with E-state index < -0.39 is 18.1 Å². The second-order valence-corrected chi connectivity index (χ2v) is 4.80. The molecule has 0 bridgehead atoms. The third-order valence-electron chi connectivity index (χ3n) is 3.23. The fraction of sp³-hybridized carbons (Fsp3) is 0.545. The fourth-order valence-corrected chi connectivity index (χ4v) is 2.09. The summed E-state index contributed by atoms with van der Waals surface area (Å²) in [6.07, 6.45) is -2.33. The summed E-state index contributed by atoms with van der Waals surface area (Å²) in [5.41, 5.74) is 0.203. The van der Waals surface area contributed by atoms with Gasteiger partial charge >= 0.3 is 12.3 Å². The van der Waals surface area contributed by atoms with E-state index in [0.29, 0.717) is 0 Å². The van der Waals surface area contributed by atoms with Crippen molar-refractivity contribution in [3.63, 3.8) is 0 Å². The van der Waals surface area contributed by atoms with Gasteiger partial charge in [-0.3, -0.25) is 4.90 Å². The Morgan fingerprint density at radius 2 is 2.05 bits per heavy atom. The van der Waals surface area contributed by atoms with Gasteiger partial charge in [0, 0.05) is 6.54 Å². The number of aromatic nitrogens is 3. The van der Waals surface area contributed by atoms with Crippen LogP contribution in [0.25, 0.3) is 5.70 Å². The normalized spacial score (nSPS) is 21.1. The predicted molar refractivity (Wildman–Crippen MR) is 60.5 cm³/mol. The maximum Gasteiger partial charge on any atom is 0.453 e. The predicted octanol–water partition coefficient (Wildman–Crippen LogP) is 2.04. The van der Waals surface area contributed by atoms with Gasteiger partial charge in [-0.1, -0.05) is 6.08 Å². The number of halogens is 3. The molecule has 2 aliphatic rings. The van der Waals surface area contributed by atoms with Gasteiger partial charge in [-0.25, -0.2) is 14.5 Å². The molecule has 0 saturated heterocycles. The lowest BCUT2D eigenvalue weighted by Crippen LogP contribution is -2.37. The standard InChI is InChI=1S/C11H11F3N4O2/c12-11(13,14)9-15-8-7(5-6-1-2-6)17(10(19)20)3-4-18(8)16-9/h5-6H,1-4H2,(H,19,20)/b7-5+. The highest BCUT2D eigenvalue weighted by atomic mass is 19.4. The van der Waals surface area contributed by atoms with Crippen molar-refractivity contribution in [2.24, 2.45) is 5.92 Å². The number of carbonyl (C=O) groups is 1. The molecule has 0 radical (unpaired) electrons. The molecule has 1 N–H and O–H groups in total. The summed E-state index contributed by atoms with van der Waals surface area (Å²) in [6, 6.07) is 0. The highest BCUT2D eigenvalue weighted by molar-refractivity contribution is 5.79. The monoisotopic (exact) mass is 288 g/mol. The van der Waals surface area contributed by atoms with Gasteiger partial charge in [0.1, 0.15) is 0 Å². The van der Waals surface area contributed by atoms with E-state index in [2.05, 4.69) is 10.1 Å². The maximum atomic E-state index is 12.6. The summed E-state index contributed by atoms with van der Waals surface area (Å²) in [6.45, 7) is 0.133. The lowest BCUT2D eigenvalue weighted by atomic mass is 10.2. The summed E-state index contributed by atoms with van der Waals surface area (Å²) in [4.78, 5) is 15.7. The van der Waals surface area contributed by atoms with Crippen molar-refractivity contribution in [1.29, 1.82) is 0 Å². The summed E-state index contributed by atoms with van der Waals surface area (Å²) >= 11 is 0. The Labute approximate surface area is 111 Å². The van der Waals surface area contributed by atoms with Gasteiger partial charge in [-0.05, 0) is 18.8 Å². The topological polar surface area (TPSA) is 71.2 Å². The summed E-state index contributed by atoms with van der Waals surface area (Å²) in [5.74, 6) is -1.05. The highest BCUT2D eigenvalue weighted by Crippen LogP contribution is 2.36. The second kappa shape index (κ2) is 4.22. The molecule has 1 aromatic rings. The lowest BCUT2D eigenvalue weighted by Gasteiger charge is -2.26. The number of hydrogen-bond donors (Lipinski definition) is 1. The average Bonchev–Trinajstić information content (AvgIpc) is 3.03. The SMILES string of the molecule is O=C(O)N1CCn2nc(C(F)(F)F)nc2/C1=C\C1CC1. The minimum Gasteiger partial charge on any atom is -0.465 e. The van der Waals surface area contributed by atoms with Crippen LogP contribution in [-0.2, 0) is 12.7 Å².